The Bertz CT molecular complexity index is 1020. The van der Waals surface area contributed by atoms with Crippen molar-refractivity contribution in [2.24, 2.45) is 4.99 Å². The maximum atomic E-state index is 12.6. The second-order valence-corrected chi connectivity index (χ2v) is 9.17. The van der Waals surface area contributed by atoms with Crippen molar-refractivity contribution in [1.29, 1.82) is 0 Å². The molecule has 4 rings (SSSR count). The van der Waals surface area contributed by atoms with Gasteiger partial charge in [-0.05, 0) is 80.3 Å². The predicted octanol–water partition coefficient (Wildman–Crippen LogP) is 6.02. The van der Waals surface area contributed by atoms with Crippen LogP contribution in [-0.2, 0) is 11.2 Å². The van der Waals surface area contributed by atoms with Crippen molar-refractivity contribution in [2.45, 2.75) is 57.9 Å². The zero-order valence-corrected chi connectivity index (χ0v) is 20.0. The number of amides is 2. The standard InChI is InChI=1S/C28H35N3O2/c1-20-8-7-9-25(21(20)2)26(27-10-5-4-6-16-29-27)18-22-11-13-23(14-12-22)30-28(32)31(3)24-15-17-33-19-24/h7-14,16,24,26H,4-6,15,17-19H2,1-3H3,(H,30,32). The molecule has 2 aromatic rings. The summed E-state index contributed by atoms with van der Waals surface area (Å²) in [7, 11) is 1.83. The van der Waals surface area contributed by atoms with Crippen LogP contribution in [0.2, 0.25) is 0 Å². The summed E-state index contributed by atoms with van der Waals surface area (Å²) in [5.74, 6) is 0.216. The van der Waals surface area contributed by atoms with Gasteiger partial charge >= 0.3 is 6.03 Å². The number of nitrogens with zero attached hydrogens (tertiary/aromatic N) is 2. The van der Waals surface area contributed by atoms with Gasteiger partial charge in [0.25, 0.3) is 0 Å². The number of allylic oxidation sites excluding steroid dienone is 2. The fraction of sp³-hybridized carbons (Fsp3) is 0.429. The van der Waals surface area contributed by atoms with E-state index < -0.39 is 0 Å². The number of rotatable bonds is 6. The highest BCUT2D eigenvalue weighted by Crippen LogP contribution is 2.34. The minimum Gasteiger partial charge on any atom is -0.379 e. The van der Waals surface area contributed by atoms with Gasteiger partial charge in [-0.25, -0.2) is 4.79 Å². The number of nitrogens with one attached hydrogen (secondary N) is 1. The molecule has 1 fully saturated rings. The minimum atomic E-state index is -0.0931. The van der Waals surface area contributed by atoms with E-state index in [1.54, 1.807) is 4.90 Å². The molecular formula is C28H35N3O2. The monoisotopic (exact) mass is 445 g/mol. The molecule has 2 unspecified atom stereocenters. The third kappa shape index (κ3) is 5.72. The molecule has 2 heterocycles. The van der Waals surface area contributed by atoms with Gasteiger partial charge in [0, 0.05) is 37.2 Å². The molecule has 1 saturated heterocycles. The quantitative estimate of drug-likeness (QED) is 0.591. The first kappa shape index (κ1) is 23.2. The first-order valence-corrected chi connectivity index (χ1v) is 12.0. The maximum absolute atomic E-state index is 12.6. The van der Waals surface area contributed by atoms with Crippen molar-refractivity contribution >= 4 is 17.9 Å². The summed E-state index contributed by atoms with van der Waals surface area (Å²) in [6, 6.07) is 14.9. The summed E-state index contributed by atoms with van der Waals surface area (Å²) in [6.45, 7) is 5.72. The van der Waals surface area contributed by atoms with E-state index in [2.05, 4.69) is 61.8 Å². The number of likely N-dealkylation sites (N-methyl/N-ethyl adjacent to an activating group) is 1. The Morgan fingerprint density at radius 1 is 1.18 bits per heavy atom. The molecule has 0 saturated carbocycles. The molecule has 33 heavy (non-hydrogen) atoms. The van der Waals surface area contributed by atoms with Gasteiger partial charge in [0.05, 0.1) is 12.6 Å². The van der Waals surface area contributed by atoms with Gasteiger partial charge in [-0.1, -0.05) is 36.4 Å². The van der Waals surface area contributed by atoms with Crippen LogP contribution in [0, 0.1) is 13.8 Å². The molecule has 0 bridgehead atoms. The minimum absolute atomic E-state index is 0.0931. The molecule has 2 amide bonds. The highest BCUT2D eigenvalue weighted by atomic mass is 16.5. The van der Waals surface area contributed by atoms with Gasteiger partial charge < -0.3 is 15.0 Å². The van der Waals surface area contributed by atoms with Crippen LogP contribution >= 0.6 is 0 Å². The van der Waals surface area contributed by atoms with Crippen LogP contribution in [0.3, 0.4) is 0 Å². The number of urea groups is 1. The summed E-state index contributed by atoms with van der Waals surface area (Å²) in [4.78, 5) is 19.2. The summed E-state index contributed by atoms with van der Waals surface area (Å²) in [5.41, 5.74) is 7.20. The fourth-order valence-electron chi connectivity index (χ4n) is 4.60. The summed E-state index contributed by atoms with van der Waals surface area (Å²) >= 11 is 0. The lowest BCUT2D eigenvalue weighted by atomic mass is 9.85. The summed E-state index contributed by atoms with van der Waals surface area (Å²) < 4.78 is 5.41. The zero-order chi connectivity index (χ0) is 23.2. The smallest absolute Gasteiger partial charge is 0.321 e. The van der Waals surface area contributed by atoms with Gasteiger partial charge in [-0.15, -0.1) is 0 Å². The van der Waals surface area contributed by atoms with Crippen molar-refractivity contribution in [1.82, 2.24) is 4.90 Å². The van der Waals surface area contributed by atoms with Gasteiger partial charge in [-0.2, -0.15) is 0 Å². The Labute approximate surface area is 197 Å². The SMILES string of the molecule is Cc1cccc(C(Cc2ccc(NC(=O)N(C)C3CCOC3)cc2)C2=CCCCC=N2)c1C. The molecule has 0 radical (unpaired) electrons. The van der Waals surface area contributed by atoms with Gasteiger partial charge in [-0.3, -0.25) is 4.99 Å². The predicted molar refractivity (Wildman–Crippen MR) is 135 cm³/mol. The molecule has 2 aliphatic heterocycles. The molecule has 2 aliphatic rings. The largest absolute Gasteiger partial charge is 0.379 e. The van der Waals surface area contributed by atoms with Crippen molar-refractivity contribution in [3.63, 3.8) is 0 Å². The topological polar surface area (TPSA) is 53.9 Å². The summed E-state index contributed by atoms with van der Waals surface area (Å²) in [5, 5.41) is 3.02. The second kappa shape index (κ2) is 10.8. The molecule has 1 N–H and O–H groups in total. The van der Waals surface area contributed by atoms with Crippen LogP contribution in [0.4, 0.5) is 10.5 Å². The second-order valence-electron chi connectivity index (χ2n) is 9.17. The molecule has 0 spiro atoms. The highest BCUT2D eigenvalue weighted by molar-refractivity contribution is 5.89. The number of carbonyl (C=O) groups is 1. The Morgan fingerprint density at radius 3 is 2.76 bits per heavy atom. The average Bonchev–Trinajstić information content (AvgIpc) is 3.23. The van der Waals surface area contributed by atoms with Crippen molar-refractivity contribution < 1.29 is 9.53 Å². The number of carbonyl (C=O) groups excluding carboxylic acids is 1. The number of aliphatic imine (C=N–C) groups is 1. The number of anilines is 1. The Morgan fingerprint density at radius 2 is 2.00 bits per heavy atom. The van der Waals surface area contributed by atoms with Crippen LogP contribution in [0.5, 0.6) is 0 Å². The van der Waals surface area contributed by atoms with E-state index in [-0.39, 0.29) is 18.0 Å². The molecule has 5 heteroatoms. The maximum Gasteiger partial charge on any atom is 0.321 e. The van der Waals surface area contributed by atoms with Crippen LogP contribution < -0.4 is 5.32 Å². The van der Waals surface area contributed by atoms with Crippen molar-refractivity contribution in [3.05, 3.63) is 76.5 Å². The van der Waals surface area contributed by atoms with Crippen molar-refractivity contribution in [2.75, 3.05) is 25.6 Å². The normalized spacial score (nSPS) is 19.0. The molecule has 174 valence electrons. The first-order chi connectivity index (χ1) is 16.0. The first-order valence-electron chi connectivity index (χ1n) is 12.0. The van der Waals surface area contributed by atoms with Gasteiger partial charge in [0.2, 0.25) is 0 Å². The van der Waals surface area contributed by atoms with Crippen LogP contribution in [-0.4, -0.2) is 43.4 Å². The number of hydrogen-bond donors (Lipinski definition) is 1. The lowest BCUT2D eigenvalue weighted by molar-refractivity contribution is 0.164. The Kier molecular flexibility index (Phi) is 7.61. The molecule has 0 aliphatic carbocycles. The summed E-state index contributed by atoms with van der Waals surface area (Å²) in [6.07, 6.45) is 9.41. The third-order valence-corrected chi connectivity index (χ3v) is 6.93. The lowest BCUT2D eigenvalue weighted by Gasteiger charge is -2.24. The van der Waals surface area contributed by atoms with E-state index in [4.69, 9.17) is 9.73 Å². The van der Waals surface area contributed by atoms with Crippen molar-refractivity contribution in [3.8, 4) is 0 Å². The molecule has 2 atom stereocenters. The van der Waals surface area contributed by atoms with E-state index in [1.807, 2.05) is 19.2 Å². The number of hydrogen-bond acceptors (Lipinski definition) is 3. The molecule has 2 aromatic carbocycles. The van der Waals surface area contributed by atoms with Gasteiger partial charge in [0.15, 0.2) is 0 Å². The average molecular weight is 446 g/mol. The molecule has 5 nitrogen and oxygen atoms in total. The van der Waals surface area contributed by atoms with E-state index in [0.29, 0.717) is 6.61 Å². The Balaban J connectivity index is 1.51. The number of aryl methyl sites for hydroxylation is 1. The van der Waals surface area contributed by atoms with E-state index in [0.717, 1.165) is 44.4 Å². The van der Waals surface area contributed by atoms with Crippen LogP contribution in [0.1, 0.15) is 53.9 Å². The molecular weight excluding hydrogens is 410 g/mol. The lowest BCUT2D eigenvalue weighted by Crippen LogP contribution is -2.40. The van der Waals surface area contributed by atoms with Crippen LogP contribution in [0.25, 0.3) is 0 Å². The Hall–Kier alpha value is -2.92. The highest BCUT2D eigenvalue weighted by Gasteiger charge is 2.24. The van der Waals surface area contributed by atoms with Gasteiger partial charge in [0.1, 0.15) is 0 Å². The fourth-order valence-corrected chi connectivity index (χ4v) is 4.60. The molecule has 0 aromatic heterocycles. The number of benzene rings is 2. The van der Waals surface area contributed by atoms with E-state index in [9.17, 15) is 4.79 Å². The van der Waals surface area contributed by atoms with Crippen LogP contribution in [0.15, 0.2) is 59.2 Å². The number of ether oxygens (including phenoxy) is 1. The van der Waals surface area contributed by atoms with E-state index >= 15 is 0 Å². The third-order valence-electron chi connectivity index (χ3n) is 6.93. The van der Waals surface area contributed by atoms with E-state index in [1.165, 1.54) is 28.0 Å². The zero-order valence-electron chi connectivity index (χ0n) is 20.0.